The van der Waals surface area contributed by atoms with E-state index in [0.717, 1.165) is 16.6 Å². The lowest BCUT2D eigenvalue weighted by atomic mass is 10.1. The van der Waals surface area contributed by atoms with E-state index in [1.54, 1.807) is 23.9 Å². The van der Waals surface area contributed by atoms with E-state index >= 15 is 0 Å². The minimum Gasteiger partial charge on any atom is -0.392 e. The highest BCUT2D eigenvalue weighted by atomic mass is 79.9. The number of halogens is 2. The maximum absolute atomic E-state index is 13.5. The van der Waals surface area contributed by atoms with E-state index in [9.17, 15) is 9.50 Å². The third-order valence-electron chi connectivity index (χ3n) is 2.13. The quantitative estimate of drug-likeness (QED) is 0.810. The molecule has 0 saturated heterocycles. The molecule has 0 fully saturated rings. The van der Waals surface area contributed by atoms with Crippen molar-refractivity contribution >= 4 is 27.7 Å². The second-order valence-corrected chi connectivity index (χ2v) is 5.73. The number of hydrogen-bond acceptors (Lipinski definition) is 2. The summed E-state index contributed by atoms with van der Waals surface area (Å²) >= 11 is 4.92. The molecular formula is C12H16BrFOS. The number of benzene rings is 1. The highest BCUT2D eigenvalue weighted by Gasteiger charge is 2.09. The van der Waals surface area contributed by atoms with Crippen molar-refractivity contribution in [2.75, 3.05) is 11.5 Å². The summed E-state index contributed by atoms with van der Waals surface area (Å²) in [7, 11) is 0. The van der Waals surface area contributed by atoms with E-state index in [1.807, 2.05) is 0 Å². The maximum atomic E-state index is 13.5. The number of hydrogen-bond donors (Lipinski definition) is 1. The monoisotopic (exact) mass is 306 g/mol. The second kappa shape index (κ2) is 7.30. The van der Waals surface area contributed by atoms with Gasteiger partial charge in [0.25, 0.3) is 0 Å². The van der Waals surface area contributed by atoms with Crippen molar-refractivity contribution in [1.29, 1.82) is 0 Å². The Morgan fingerprint density at radius 3 is 2.88 bits per heavy atom. The first-order valence-corrected chi connectivity index (χ1v) is 7.28. The molecule has 1 N–H and O–H groups in total. The van der Waals surface area contributed by atoms with Gasteiger partial charge in [0.15, 0.2) is 0 Å². The number of rotatable bonds is 6. The van der Waals surface area contributed by atoms with E-state index in [2.05, 4.69) is 22.9 Å². The van der Waals surface area contributed by atoms with Crippen molar-refractivity contribution in [1.82, 2.24) is 0 Å². The van der Waals surface area contributed by atoms with Crippen LogP contribution in [0.25, 0.3) is 0 Å². The third-order valence-corrected chi connectivity index (χ3v) is 3.94. The molecule has 16 heavy (non-hydrogen) atoms. The van der Waals surface area contributed by atoms with Crippen LogP contribution >= 0.6 is 27.7 Å². The smallest absolute Gasteiger partial charge is 0.127 e. The zero-order valence-corrected chi connectivity index (χ0v) is 11.7. The molecule has 1 aromatic rings. The van der Waals surface area contributed by atoms with Crippen LogP contribution in [-0.2, 0) is 6.42 Å². The fourth-order valence-corrected chi connectivity index (χ4v) is 2.54. The van der Waals surface area contributed by atoms with Gasteiger partial charge in [0, 0.05) is 16.6 Å². The molecule has 0 aliphatic heterocycles. The first-order valence-electron chi connectivity index (χ1n) is 5.33. The van der Waals surface area contributed by atoms with Crippen LogP contribution in [0.5, 0.6) is 0 Å². The zero-order valence-electron chi connectivity index (χ0n) is 9.25. The number of aliphatic hydroxyl groups is 1. The van der Waals surface area contributed by atoms with Crippen LogP contribution in [0.15, 0.2) is 22.7 Å². The van der Waals surface area contributed by atoms with E-state index in [4.69, 9.17) is 0 Å². The number of aliphatic hydroxyl groups excluding tert-OH is 1. The van der Waals surface area contributed by atoms with E-state index in [-0.39, 0.29) is 5.82 Å². The number of thioether (sulfide) groups is 1. The Balaban J connectivity index is 2.46. The zero-order chi connectivity index (χ0) is 12.0. The predicted octanol–water partition coefficient (Wildman–Crippen LogP) is 3.63. The van der Waals surface area contributed by atoms with Crippen LogP contribution in [-0.4, -0.2) is 22.7 Å². The van der Waals surface area contributed by atoms with E-state index in [0.29, 0.717) is 17.7 Å². The summed E-state index contributed by atoms with van der Waals surface area (Å²) in [6.07, 6.45) is 1.02. The fraction of sp³-hybridized carbons (Fsp3) is 0.500. The maximum Gasteiger partial charge on any atom is 0.127 e. The molecular weight excluding hydrogens is 291 g/mol. The highest BCUT2D eigenvalue weighted by molar-refractivity contribution is 9.10. The lowest BCUT2D eigenvalue weighted by molar-refractivity contribution is 0.198. The van der Waals surface area contributed by atoms with Crippen molar-refractivity contribution in [2.45, 2.75) is 25.9 Å². The Kier molecular flexibility index (Phi) is 6.39. The largest absolute Gasteiger partial charge is 0.392 e. The van der Waals surface area contributed by atoms with E-state index < -0.39 is 6.10 Å². The van der Waals surface area contributed by atoms with Crippen LogP contribution in [0, 0.1) is 5.82 Å². The molecule has 1 rings (SSSR count). The second-order valence-electron chi connectivity index (χ2n) is 3.67. The Hall–Kier alpha value is -0.0600. The summed E-state index contributed by atoms with van der Waals surface area (Å²) in [5.41, 5.74) is 0.577. The van der Waals surface area contributed by atoms with Crippen LogP contribution < -0.4 is 0 Å². The van der Waals surface area contributed by atoms with Gasteiger partial charge in [-0.15, -0.1) is 0 Å². The van der Waals surface area contributed by atoms with Gasteiger partial charge in [-0.1, -0.05) is 28.9 Å². The van der Waals surface area contributed by atoms with Crippen LogP contribution in [0.4, 0.5) is 4.39 Å². The summed E-state index contributed by atoms with van der Waals surface area (Å²) in [6.45, 7) is 2.10. The van der Waals surface area contributed by atoms with Gasteiger partial charge in [-0.2, -0.15) is 11.8 Å². The molecule has 1 aromatic carbocycles. The van der Waals surface area contributed by atoms with Crippen molar-refractivity contribution < 1.29 is 9.50 Å². The average molecular weight is 307 g/mol. The van der Waals surface area contributed by atoms with E-state index in [1.165, 1.54) is 6.07 Å². The van der Waals surface area contributed by atoms with Gasteiger partial charge < -0.3 is 5.11 Å². The Morgan fingerprint density at radius 2 is 2.25 bits per heavy atom. The van der Waals surface area contributed by atoms with Crippen molar-refractivity contribution in [2.24, 2.45) is 0 Å². The minimum atomic E-state index is -0.466. The average Bonchev–Trinajstić information content (AvgIpc) is 2.23. The lowest BCUT2D eigenvalue weighted by Gasteiger charge is -2.10. The Bertz CT molecular complexity index is 333. The molecule has 0 radical (unpaired) electrons. The standard InChI is InChI=1S/C12H16BrFOS/c1-2-5-16-8-11(15)6-9-3-4-10(13)7-12(9)14/h3-4,7,11,15H,2,5-6,8H2,1H3. The predicted molar refractivity (Wildman–Crippen MR) is 71.4 cm³/mol. The Morgan fingerprint density at radius 1 is 1.50 bits per heavy atom. The van der Waals surface area contributed by atoms with Gasteiger partial charge in [-0.05, 0) is 29.9 Å². The summed E-state index contributed by atoms with van der Waals surface area (Å²) in [6, 6.07) is 4.94. The summed E-state index contributed by atoms with van der Waals surface area (Å²) in [5, 5.41) is 9.72. The molecule has 4 heteroatoms. The van der Waals surface area contributed by atoms with Crippen molar-refractivity contribution in [3.8, 4) is 0 Å². The molecule has 0 aliphatic rings. The lowest BCUT2D eigenvalue weighted by Crippen LogP contribution is -2.14. The molecule has 0 aromatic heterocycles. The van der Waals surface area contributed by atoms with Gasteiger partial charge in [0.2, 0.25) is 0 Å². The van der Waals surface area contributed by atoms with Crippen molar-refractivity contribution in [3.05, 3.63) is 34.1 Å². The van der Waals surface area contributed by atoms with Crippen LogP contribution in [0.3, 0.4) is 0 Å². The molecule has 1 unspecified atom stereocenters. The molecule has 0 heterocycles. The van der Waals surface area contributed by atoms with Gasteiger partial charge in [-0.25, -0.2) is 4.39 Å². The van der Waals surface area contributed by atoms with Gasteiger partial charge in [0.05, 0.1) is 6.10 Å². The Labute approximate surface area is 109 Å². The highest BCUT2D eigenvalue weighted by Crippen LogP contribution is 2.17. The molecule has 90 valence electrons. The van der Waals surface area contributed by atoms with Gasteiger partial charge in [-0.3, -0.25) is 0 Å². The van der Waals surface area contributed by atoms with Crippen molar-refractivity contribution in [3.63, 3.8) is 0 Å². The minimum absolute atomic E-state index is 0.256. The summed E-state index contributed by atoms with van der Waals surface area (Å²) < 4.78 is 14.2. The first-order chi connectivity index (χ1) is 7.63. The molecule has 0 spiro atoms. The molecule has 0 amide bonds. The SMILES string of the molecule is CCCSCC(O)Cc1ccc(Br)cc1F. The third kappa shape index (κ3) is 4.85. The molecule has 0 aliphatic carbocycles. The molecule has 1 nitrogen and oxygen atoms in total. The fourth-order valence-electron chi connectivity index (χ4n) is 1.36. The van der Waals surface area contributed by atoms with Gasteiger partial charge >= 0.3 is 0 Å². The van der Waals surface area contributed by atoms with Crippen LogP contribution in [0.2, 0.25) is 0 Å². The summed E-state index contributed by atoms with van der Waals surface area (Å²) in [5.74, 6) is 1.46. The topological polar surface area (TPSA) is 20.2 Å². The van der Waals surface area contributed by atoms with Crippen LogP contribution in [0.1, 0.15) is 18.9 Å². The van der Waals surface area contributed by atoms with Gasteiger partial charge in [0.1, 0.15) is 5.82 Å². The molecule has 0 saturated carbocycles. The normalized spacial score (nSPS) is 12.8. The molecule has 0 bridgehead atoms. The molecule has 1 atom stereocenters. The first kappa shape index (κ1) is 14.0. The summed E-state index contributed by atoms with van der Waals surface area (Å²) in [4.78, 5) is 0.